The van der Waals surface area contributed by atoms with Crippen molar-refractivity contribution in [1.29, 1.82) is 0 Å². The minimum atomic E-state index is -0.958. The number of carbonyl (C=O) groups is 1. The lowest BCUT2D eigenvalue weighted by Crippen LogP contribution is -3.00. The van der Waals surface area contributed by atoms with Crippen LogP contribution in [0.25, 0.3) is 0 Å². The number of morpholine rings is 1. The van der Waals surface area contributed by atoms with E-state index in [1.807, 2.05) is 6.92 Å². The highest BCUT2D eigenvalue weighted by Gasteiger charge is 2.07. The van der Waals surface area contributed by atoms with E-state index in [9.17, 15) is 4.79 Å². The van der Waals surface area contributed by atoms with Crippen molar-refractivity contribution >= 4 is 6.09 Å². The van der Waals surface area contributed by atoms with Gasteiger partial charge in [-0.2, -0.15) is 4.79 Å². The van der Waals surface area contributed by atoms with E-state index in [0.717, 1.165) is 36.4 Å². The van der Waals surface area contributed by atoms with Crippen LogP contribution in [0.4, 0.5) is 4.79 Å². The molecule has 1 aromatic heterocycles. The van der Waals surface area contributed by atoms with E-state index in [1.165, 1.54) is 12.4 Å². The number of hydrogen-bond donors (Lipinski definition) is 2. The molecule has 0 spiro atoms. The summed E-state index contributed by atoms with van der Waals surface area (Å²) >= 11 is 0. The summed E-state index contributed by atoms with van der Waals surface area (Å²) in [4.78, 5) is 10.3. The summed E-state index contributed by atoms with van der Waals surface area (Å²) in [6, 6.07) is 3.49. The molecule has 0 amide bonds. The van der Waals surface area contributed by atoms with Crippen LogP contribution >= 0.6 is 0 Å². The van der Waals surface area contributed by atoms with Crippen LogP contribution in [0.1, 0.15) is 5.56 Å². The number of nitrogens with zero attached hydrogens (tertiary/aromatic N) is 1. The number of ether oxygens (including phenoxy) is 1. The van der Waals surface area contributed by atoms with Gasteiger partial charge in [0, 0.05) is 25.2 Å². The second-order valence-corrected chi connectivity index (χ2v) is 3.43. The molecular formula is C11H17ClN2O3. The quantitative estimate of drug-likeness (QED) is 0.503. The normalized spacial score (nSPS) is 13.9. The highest BCUT2D eigenvalue weighted by Crippen LogP contribution is 1.88. The summed E-state index contributed by atoms with van der Waals surface area (Å²) in [5, 5.41) is 11.6. The summed E-state index contributed by atoms with van der Waals surface area (Å²) in [5.74, 6) is 0. The first-order chi connectivity index (χ1) is 7.70. The predicted molar refractivity (Wildman–Crippen MR) is 58.5 cm³/mol. The Kier molecular flexibility index (Phi) is 8.31. The van der Waals surface area contributed by atoms with Crippen molar-refractivity contribution in [3.8, 4) is 0 Å². The van der Waals surface area contributed by atoms with Crippen LogP contribution in [0, 0.1) is 6.92 Å². The van der Waals surface area contributed by atoms with Crippen molar-refractivity contribution in [3.05, 3.63) is 30.1 Å². The molecule has 17 heavy (non-hydrogen) atoms. The van der Waals surface area contributed by atoms with Gasteiger partial charge in [-0.3, -0.25) is 0 Å². The molecular weight excluding hydrogens is 244 g/mol. The molecule has 0 bridgehead atoms. The number of aryl methyl sites for hydroxylation is 1. The third kappa shape index (κ3) is 6.88. The fraction of sp³-hybridized carbons (Fsp3) is 0.455. The van der Waals surface area contributed by atoms with Gasteiger partial charge in [0.1, 0.15) is 0 Å². The second-order valence-electron chi connectivity index (χ2n) is 3.43. The number of halogens is 1. The summed E-state index contributed by atoms with van der Waals surface area (Å²) < 4.78 is 6.11. The lowest BCUT2D eigenvalue weighted by molar-refractivity contribution is -0.584. The summed E-state index contributed by atoms with van der Waals surface area (Å²) in [6.45, 7) is 5.74. The van der Waals surface area contributed by atoms with E-state index >= 15 is 0 Å². The molecule has 2 heterocycles. The molecule has 0 aliphatic carbocycles. The molecule has 6 heteroatoms. The van der Waals surface area contributed by atoms with Gasteiger partial charge in [-0.1, -0.05) is 4.57 Å². The first-order valence-corrected chi connectivity index (χ1v) is 5.20. The van der Waals surface area contributed by atoms with Crippen molar-refractivity contribution in [1.82, 2.24) is 5.32 Å². The van der Waals surface area contributed by atoms with E-state index in [-0.39, 0.29) is 12.4 Å². The first-order valence-electron chi connectivity index (χ1n) is 5.20. The number of nitrogens with one attached hydrogen (secondary N) is 1. The Morgan fingerprint density at radius 3 is 2.18 bits per heavy atom. The average Bonchev–Trinajstić information content (AvgIpc) is 2.32. The number of carboxylic acid groups (broad SMARTS) is 1. The van der Waals surface area contributed by atoms with E-state index in [4.69, 9.17) is 9.84 Å². The molecule has 5 nitrogen and oxygen atoms in total. The van der Waals surface area contributed by atoms with Gasteiger partial charge >= 0.3 is 6.09 Å². The van der Waals surface area contributed by atoms with Crippen molar-refractivity contribution in [3.63, 3.8) is 0 Å². The Labute approximate surface area is 107 Å². The molecule has 96 valence electrons. The molecule has 0 radical (unpaired) electrons. The SMILES string of the molecule is C1COCCN1.Cc1cc[n+](C(=O)O)cc1.[Cl-]. The molecule has 1 aliphatic heterocycles. The fourth-order valence-corrected chi connectivity index (χ4v) is 1.14. The minimum Gasteiger partial charge on any atom is -1.00 e. The second kappa shape index (κ2) is 8.92. The molecule has 1 fully saturated rings. The fourth-order valence-electron chi connectivity index (χ4n) is 1.14. The zero-order chi connectivity index (χ0) is 11.8. The maximum atomic E-state index is 10.3. The topological polar surface area (TPSA) is 62.4 Å². The molecule has 2 N–H and O–H groups in total. The van der Waals surface area contributed by atoms with Gasteiger partial charge in [-0.05, 0) is 12.5 Å². The van der Waals surface area contributed by atoms with E-state index in [2.05, 4.69) is 5.32 Å². The Bertz CT molecular complexity index is 314. The zero-order valence-electron chi connectivity index (χ0n) is 9.73. The number of aromatic nitrogens is 1. The van der Waals surface area contributed by atoms with E-state index < -0.39 is 6.09 Å². The largest absolute Gasteiger partial charge is 1.00 e. The number of rotatable bonds is 0. The maximum Gasteiger partial charge on any atom is 0.599 e. The Morgan fingerprint density at radius 2 is 1.88 bits per heavy atom. The molecule has 0 saturated carbocycles. The highest BCUT2D eigenvalue weighted by atomic mass is 35.5. The van der Waals surface area contributed by atoms with Crippen LogP contribution < -0.4 is 22.3 Å². The minimum absolute atomic E-state index is 0. The molecule has 1 aromatic rings. The zero-order valence-corrected chi connectivity index (χ0v) is 10.5. The standard InChI is InChI=1S/C7H7NO2.C4H9NO.ClH/c1-6-2-4-8(5-3-6)7(9)10;1-3-6-4-2-5-1;/h2-5H,1H3;5H,1-4H2;1H. The Morgan fingerprint density at radius 1 is 1.35 bits per heavy atom. The summed E-state index contributed by atoms with van der Waals surface area (Å²) in [5.41, 5.74) is 1.05. The van der Waals surface area contributed by atoms with E-state index in [1.54, 1.807) is 12.1 Å². The van der Waals surface area contributed by atoms with Gasteiger partial charge in [0.2, 0.25) is 0 Å². The number of pyridine rings is 1. The average molecular weight is 261 g/mol. The van der Waals surface area contributed by atoms with Gasteiger partial charge in [-0.25, -0.2) is 0 Å². The molecule has 1 saturated heterocycles. The molecule has 0 atom stereocenters. The highest BCUT2D eigenvalue weighted by molar-refractivity contribution is 5.53. The summed E-state index contributed by atoms with van der Waals surface area (Å²) in [7, 11) is 0. The lowest BCUT2D eigenvalue weighted by atomic mass is 10.3. The third-order valence-corrected chi connectivity index (χ3v) is 2.06. The van der Waals surface area contributed by atoms with Crippen molar-refractivity contribution in [2.24, 2.45) is 0 Å². The van der Waals surface area contributed by atoms with Gasteiger partial charge < -0.3 is 27.6 Å². The first kappa shape index (κ1) is 15.8. The molecule has 0 aromatic carbocycles. The van der Waals surface area contributed by atoms with Crippen LogP contribution in [0.2, 0.25) is 0 Å². The van der Waals surface area contributed by atoms with Crippen molar-refractivity contribution in [2.75, 3.05) is 26.3 Å². The van der Waals surface area contributed by atoms with Crippen LogP contribution in [-0.4, -0.2) is 37.5 Å². The monoisotopic (exact) mass is 260 g/mol. The summed E-state index contributed by atoms with van der Waals surface area (Å²) in [6.07, 6.45) is 2.06. The molecule has 2 rings (SSSR count). The number of hydrogen-bond acceptors (Lipinski definition) is 3. The maximum absolute atomic E-state index is 10.3. The van der Waals surface area contributed by atoms with Gasteiger partial charge in [-0.15, -0.1) is 0 Å². The molecule has 0 unspecified atom stereocenters. The van der Waals surface area contributed by atoms with Crippen LogP contribution in [0.3, 0.4) is 0 Å². The molecule has 1 aliphatic rings. The van der Waals surface area contributed by atoms with Gasteiger partial charge in [0.15, 0.2) is 12.4 Å². The third-order valence-electron chi connectivity index (χ3n) is 2.06. The Hall–Kier alpha value is -1.17. The van der Waals surface area contributed by atoms with Crippen LogP contribution in [-0.2, 0) is 4.74 Å². The van der Waals surface area contributed by atoms with Gasteiger partial charge in [0.25, 0.3) is 0 Å². The van der Waals surface area contributed by atoms with Crippen LogP contribution in [0.15, 0.2) is 24.5 Å². The predicted octanol–water partition coefficient (Wildman–Crippen LogP) is -2.58. The van der Waals surface area contributed by atoms with Crippen LogP contribution in [0.5, 0.6) is 0 Å². The lowest BCUT2D eigenvalue weighted by Gasteiger charge is -2.10. The van der Waals surface area contributed by atoms with E-state index in [0.29, 0.717) is 0 Å². The van der Waals surface area contributed by atoms with Crippen molar-refractivity contribution in [2.45, 2.75) is 6.92 Å². The van der Waals surface area contributed by atoms with Gasteiger partial charge in [0.05, 0.1) is 13.2 Å². The van der Waals surface area contributed by atoms with Crippen molar-refractivity contribution < 1.29 is 31.6 Å². The smallest absolute Gasteiger partial charge is 0.599 e. The Balaban J connectivity index is 0.000000316.